The number of halogens is 2. The predicted octanol–water partition coefficient (Wildman–Crippen LogP) is 6.77. The van der Waals surface area contributed by atoms with Gasteiger partial charge in [-0.15, -0.1) is 0 Å². The minimum absolute atomic E-state index is 0.0135. The van der Waals surface area contributed by atoms with Crippen LogP contribution in [0.1, 0.15) is 31.9 Å². The van der Waals surface area contributed by atoms with Gasteiger partial charge in [0, 0.05) is 34.6 Å². The van der Waals surface area contributed by atoms with Crippen LogP contribution in [-0.4, -0.2) is 64.6 Å². The van der Waals surface area contributed by atoms with Gasteiger partial charge in [0.25, 0.3) is 10.0 Å². The molecule has 10 nitrogen and oxygen atoms in total. The zero-order valence-electron chi connectivity index (χ0n) is 28.8. The van der Waals surface area contributed by atoms with Crippen LogP contribution in [0, 0.1) is 0 Å². The van der Waals surface area contributed by atoms with E-state index in [0.717, 1.165) is 9.87 Å². The molecule has 0 aromatic heterocycles. The van der Waals surface area contributed by atoms with Crippen LogP contribution in [0.25, 0.3) is 0 Å². The van der Waals surface area contributed by atoms with Gasteiger partial charge in [-0.2, -0.15) is 0 Å². The lowest BCUT2D eigenvalue weighted by Crippen LogP contribution is -2.56. The van der Waals surface area contributed by atoms with E-state index in [9.17, 15) is 18.0 Å². The maximum atomic E-state index is 14.8. The Hall–Kier alpha value is -4.45. The van der Waals surface area contributed by atoms with Crippen LogP contribution in [0.2, 0.25) is 10.0 Å². The number of benzene rings is 4. The first-order chi connectivity index (χ1) is 23.7. The lowest BCUT2D eigenvalue weighted by Gasteiger charge is -2.35. The van der Waals surface area contributed by atoms with Gasteiger partial charge in [0.05, 0.1) is 31.9 Å². The summed E-state index contributed by atoms with van der Waals surface area (Å²) in [6.45, 7) is 4.70. The van der Waals surface area contributed by atoms with Gasteiger partial charge >= 0.3 is 0 Å². The van der Waals surface area contributed by atoms with Gasteiger partial charge in [-0.3, -0.25) is 13.9 Å². The molecule has 0 spiro atoms. The molecule has 1 atom stereocenters. The van der Waals surface area contributed by atoms with E-state index in [1.54, 1.807) is 30.3 Å². The van der Waals surface area contributed by atoms with Gasteiger partial charge in [-0.05, 0) is 68.3 Å². The molecule has 2 amide bonds. The molecule has 4 aromatic rings. The fourth-order valence-electron chi connectivity index (χ4n) is 5.29. The molecule has 0 aliphatic heterocycles. The van der Waals surface area contributed by atoms with E-state index in [4.69, 9.17) is 37.4 Å². The Kier molecular flexibility index (Phi) is 12.7. The van der Waals surface area contributed by atoms with Gasteiger partial charge in [-0.1, -0.05) is 71.7 Å². The van der Waals surface area contributed by atoms with Gasteiger partial charge < -0.3 is 24.4 Å². The fraction of sp³-hybridized carbons (Fsp3) is 0.297. The second-order valence-corrected chi connectivity index (χ2v) is 15.1. The number of hydrogen-bond acceptors (Lipinski definition) is 7. The number of sulfonamides is 1. The molecular weight excluding hydrogens is 701 g/mol. The third kappa shape index (κ3) is 9.41. The lowest BCUT2D eigenvalue weighted by molar-refractivity contribution is -0.140. The molecule has 0 aliphatic carbocycles. The smallest absolute Gasteiger partial charge is 0.265 e. The van der Waals surface area contributed by atoms with Crippen LogP contribution < -0.4 is 23.8 Å². The molecule has 0 radical (unpaired) electrons. The van der Waals surface area contributed by atoms with Crippen molar-refractivity contribution in [1.29, 1.82) is 0 Å². The number of carbonyl (C=O) groups is 2. The minimum Gasteiger partial charge on any atom is -0.495 e. The third-order valence-electron chi connectivity index (χ3n) is 7.70. The van der Waals surface area contributed by atoms with Gasteiger partial charge in [-0.25, -0.2) is 8.42 Å². The molecule has 13 heteroatoms. The van der Waals surface area contributed by atoms with Gasteiger partial charge in [0.1, 0.15) is 18.3 Å². The normalized spacial score (nSPS) is 12.1. The molecule has 0 aliphatic rings. The van der Waals surface area contributed by atoms with Crippen molar-refractivity contribution in [3.8, 4) is 17.2 Å². The number of methoxy groups -OCH3 is 3. The summed E-state index contributed by atoms with van der Waals surface area (Å²) >= 11 is 13.0. The molecule has 0 saturated carbocycles. The minimum atomic E-state index is -4.52. The first-order valence-corrected chi connectivity index (χ1v) is 17.8. The molecule has 0 bridgehead atoms. The van der Waals surface area contributed by atoms with Crippen LogP contribution in [0.15, 0.2) is 95.9 Å². The Bertz CT molecular complexity index is 1920. The Morgan fingerprint density at radius 3 is 2.04 bits per heavy atom. The van der Waals surface area contributed by atoms with Crippen molar-refractivity contribution < 1.29 is 32.2 Å². The first kappa shape index (κ1) is 38.4. The third-order valence-corrected chi connectivity index (χ3v) is 10.1. The highest BCUT2D eigenvalue weighted by Gasteiger charge is 2.37. The number of amides is 2. The summed E-state index contributed by atoms with van der Waals surface area (Å²) in [5.41, 5.74) is 0.741. The number of hydrogen-bond donors (Lipinski definition) is 1. The highest BCUT2D eigenvalue weighted by molar-refractivity contribution is 7.92. The first-order valence-electron chi connectivity index (χ1n) is 15.7. The highest BCUT2D eigenvalue weighted by atomic mass is 35.5. The standard InChI is InChI=1S/C37H41Cl2N3O7S/c1-37(2,3)40-36(44)31(20-25-12-8-7-9-13-25)41(23-26-14-10-11-15-29(26)39)35(43)24-42(30-21-27(38)16-18-32(30)47-4)50(45,46)28-17-19-33(48-5)34(22-28)49-6/h7-19,21-22,31H,20,23-24H2,1-6H3,(H,40,44). The largest absolute Gasteiger partial charge is 0.495 e. The molecule has 266 valence electrons. The molecule has 4 rings (SSSR count). The predicted molar refractivity (Wildman–Crippen MR) is 196 cm³/mol. The van der Waals surface area contributed by atoms with E-state index in [1.807, 2.05) is 51.1 Å². The van der Waals surface area contributed by atoms with E-state index in [0.29, 0.717) is 16.3 Å². The maximum absolute atomic E-state index is 14.8. The Morgan fingerprint density at radius 1 is 0.800 bits per heavy atom. The number of nitrogens with zero attached hydrogens (tertiary/aromatic N) is 2. The van der Waals surface area contributed by atoms with Crippen LogP contribution in [-0.2, 0) is 32.6 Å². The molecule has 50 heavy (non-hydrogen) atoms. The van der Waals surface area contributed by atoms with E-state index < -0.39 is 40.0 Å². The van der Waals surface area contributed by atoms with Crippen molar-refractivity contribution in [3.63, 3.8) is 0 Å². The SMILES string of the molecule is COc1ccc(S(=O)(=O)N(CC(=O)N(Cc2ccccc2Cl)C(Cc2ccccc2)C(=O)NC(C)(C)C)c2cc(Cl)ccc2OC)cc1OC. The highest BCUT2D eigenvalue weighted by Crippen LogP contribution is 2.37. The average Bonchev–Trinajstić information content (AvgIpc) is 3.08. The van der Waals surface area contributed by atoms with Crippen molar-refractivity contribution in [3.05, 3.63) is 112 Å². The molecular formula is C37H41Cl2N3O7S. The van der Waals surface area contributed by atoms with Crippen LogP contribution in [0.4, 0.5) is 5.69 Å². The maximum Gasteiger partial charge on any atom is 0.265 e. The van der Waals surface area contributed by atoms with E-state index in [1.165, 1.54) is 56.6 Å². The van der Waals surface area contributed by atoms with Crippen molar-refractivity contribution >= 4 is 50.7 Å². The second-order valence-electron chi connectivity index (χ2n) is 12.4. The van der Waals surface area contributed by atoms with Crippen LogP contribution in [0.3, 0.4) is 0 Å². The zero-order chi connectivity index (χ0) is 36.6. The van der Waals surface area contributed by atoms with Gasteiger partial charge in [0.2, 0.25) is 11.8 Å². The van der Waals surface area contributed by atoms with E-state index in [-0.39, 0.29) is 40.1 Å². The van der Waals surface area contributed by atoms with Crippen molar-refractivity contribution in [2.75, 3.05) is 32.2 Å². The number of ether oxygens (including phenoxy) is 3. The Morgan fingerprint density at radius 2 is 1.42 bits per heavy atom. The second kappa shape index (κ2) is 16.5. The number of carbonyl (C=O) groups excluding carboxylic acids is 2. The summed E-state index contributed by atoms with van der Waals surface area (Å²) in [5.74, 6) is -0.471. The summed E-state index contributed by atoms with van der Waals surface area (Å²) < 4.78 is 46.4. The topological polar surface area (TPSA) is 114 Å². The molecule has 0 heterocycles. The van der Waals surface area contributed by atoms with E-state index >= 15 is 0 Å². The van der Waals surface area contributed by atoms with Crippen molar-refractivity contribution in [2.24, 2.45) is 0 Å². The summed E-state index contributed by atoms with van der Waals surface area (Å²) in [5, 5.41) is 3.59. The van der Waals surface area contributed by atoms with E-state index in [2.05, 4.69) is 5.32 Å². The summed E-state index contributed by atoms with van der Waals surface area (Å²) in [4.78, 5) is 30.1. The summed E-state index contributed by atoms with van der Waals surface area (Å²) in [7, 11) is -0.318. The number of rotatable bonds is 14. The van der Waals surface area contributed by atoms with Gasteiger partial charge in [0.15, 0.2) is 11.5 Å². The molecule has 4 aromatic carbocycles. The summed E-state index contributed by atoms with van der Waals surface area (Å²) in [6, 6.07) is 23.7. The summed E-state index contributed by atoms with van der Waals surface area (Å²) in [6.07, 6.45) is 0.141. The molecule has 0 saturated heterocycles. The zero-order valence-corrected chi connectivity index (χ0v) is 31.1. The van der Waals surface area contributed by atoms with Crippen LogP contribution >= 0.6 is 23.2 Å². The number of anilines is 1. The van der Waals surface area contributed by atoms with Crippen molar-refractivity contribution in [2.45, 2.75) is 50.2 Å². The molecule has 1 unspecified atom stereocenters. The molecule has 1 N–H and O–H groups in total. The Labute approximate surface area is 303 Å². The van der Waals surface area contributed by atoms with Crippen molar-refractivity contribution in [1.82, 2.24) is 10.2 Å². The average molecular weight is 743 g/mol. The number of nitrogens with one attached hydrogen (secondary N) is 1. The van der Waals surface area contributed by atoms with Crippen LogP contribution in [0.5, 0.6) is 17.2 Å². The molecule has 0 fully saturated rings. The fourth-order valence-corrected chi connectivity index (χ4v) is 7.09. The lowest BCUT2D eigenvalue weighted by atomic mass is 10.0. The Balaban J connectivity index is 1.90. The quantitative estimate of drug-likeness (QED) is 0.152. The monoisotopic (exact) mass is 741 g/mol.